The normalized spacial score (nSPS) is 18.7. The number of ether oxygens (including phenoxy) is 1. The number of amides is 2. The lowest BCUT2D eigenvalue weighted by Gasteiger charge is -2.16. The highest BCUT2D eigenvalue weighted by molar-refractivity contribution is 7.14. The van der Waals surface area contributed by atoms with E-state index >= 15 is 0 Å². The maximum absolute atomic E-state index is 14.0. The topological polar surface area (TPSA) is 109 Å². The molecule has 0 aliphatic carbocycles. The Kier molecular flexibility index (Phi) is 8.77. The molecule has 0 bridgehead atoms. The molecule has 0 saturated carbocycles. The van der Waals surface area contributed by atoms with Crippen LogP contribution in [-0.2, 0) is 20.3 Å². The molecule has 14 heteroatoms. The first kappa shape index (κ1) is 26.9. The predicted octanol–water partition coefficient (Wildman–Crippen LogP) is 2.89. The fourth-order valence-electron chi connectivity index (χ4n) is 2.95. The van der Waals surface area contributed by atoms with Crippen molar-refractivity contribution < 1.29 is 41.1 Å². The average molecular weight is 522 g/mol. The number of hydrogen-bond acceptors (Lipinski definition) is 7. The first-order valence-electron chi connectivity index (χ1n) is 10.5. The molecular formula is C21H23F5N4O4S. The van der Waals surface area contributed by atoms with Crippen molar-refractivity contribution in [3.05, 3.63) is 57.8 Å². The lowest BCUT2D eigenvalue weighted by atomic mass is 10.1. The second-order valence-electron chi connectivity index (χ2n) is 7.42. The molecule has 1 aromatic carbocycles. The van der Waals surface area contributed by atoms with Crippen LogP contribution in [-0.4, -0.2) is 55.6 Å². The molecule has 3 rings (SSSR count). The third-order valence-electron chi connectivity index (χ3n) is 4.81. The number of carbonyl (C=O) groups is 2. The van der Waals surface area contributed by atoms with E-state index in [1.807, 2.05) is 0 Å². The van der Waals surface area contributed by atoms with Crippen molar-refractivity contribution in [1.29, 1.82) is 0 Å². The summed E-state index contributed by atoms with van der Waals surface area (Å²) in [6.07, 6.45) is -7.33. The van der Waals surface area contributed by atoms with Gasteiger partial charge in [-0.25, -0.2) is 0 Å². The van der Waals surface area contributed by atoms with Gasteiger partial charge in [-0.05, 0) is 18.6 Å². The second-order valence-corrected chi connectivity index (χ2v) is 8.54. The molecule has 2 unspecified atom stereocenters. The number of benzene rings is 1. The maximum atomic E-state index is 14.0. The van der Waals surface area contributed by atoms with Crippen molar-refractivity contribution in [1.82, 2.24) is 15.7 Å². The number of nitrogens with one attached hydrogen (secondary N) is 2. The number of nitrogens with two attached hydrogens (primary N) is 1. The highest BCUT2D eigenvalue weighted by Crippen LogP contribution is 2.42. The third kappa shape index (κ3) is 7.18. The molecule has 1 aliphatic heterocycles. The van der Waals surface area contributed by atoms with Crippen LogP contribution in [0.5, 0.6) is 0 Å². The number of carbonyl (C=O) groups excluding carboxylic acids is 2. The van der Waals surface area contributed by atoms with E-state index < -0.39 is 41.9 Å². The van der Waals surface area contributed by atoms with Gasteiger partial charge in [0.05, 0.1) is 11.5 Å². The highest BCUT2D eigenvalue weighted by atomic mass is 32.1. The Balaban J connectivity index is 1.28. The minimum atomic E-state index is -4.55. The zero-order chi connectivity index (χ0) is 25.6. The van der Waals surface area contributed by atoms with Gasteiger partial charge in [0.15, 0.2) is 0 Å². The van der Waals surface area contributed by atoms with E-state index in [0.717, 1.165) is 11.3 Å². The van der Waals surface area contributed by atoms with Gasteiger partial charge in [-0.1, -0.05) is 30.3 Å². The van der Waals surface area contributed by atoms with E-state index in [2.05, 4.69) is 15.5 Å². The number of thiophene rings is 1. The smallest absolute Gasteiger partial charge is 0.380 e. The van der Waals surface area contributed by atoms with Gasteiger partial charge in [0, 0.05) is 30.1 Å². The molecule has 0 spiro atoms. The Morgan fingerprint density at radius 3 is 2.43 bits per heavy atom. The Morgan fingerprint density at radius 1 is 1.06 bits per heavy atom. The first-order chi connectivity index (χ1) is 16.5. The minimum Gasteiger partial charge on any atom is -0.380 e. The Bertz CT molecular complexity index is 1010. The van der Waals surface area contributed by atoms with Crippen LogP contribution in [0, 0.1) is 0 Å². The van der Waals surface area contributed by atoms with E-state index in [0.29, 0.717) is 16.4 Å². The number of nitrogens with zero attached hydrogens (tertiary/aromatic N) is 1. The molecule has 4 N–H and O–H groups in total. The molecule has 1 aliphatic rings. The summed E-state index contributed by atoms with van der Waals surface area (Å²) in [6.45, 7) is 0.342. The lowest BCUT2D eigenvalue weighted by molar-refractivity contribution is -0.148. The summed E-state index contributed by atoms with van der Waals surface area (Å²) in [6, 6.07) is 9.64. The molecular weight excluding hydrogens is 499 g/mol. The summed E-state index contributed by atoms with van der Waals surface area (Å²) < 4.78 is 71.1. The van der Waals surface area contributed by atoms with E-state index in [-0.39, 0.29) is 31.2 Å². The van der Waals surface area contributed by atoms with Crippen molar-refractivity contribution in [2.45, 2.75) is 30.9 Å². The van der Waals surface area contributed by atoms with Crippen molar-refractivity contribution in [3.8, 4) is 0 Å². The van der Waals surface area contributed by atoms with Crippen LogP contribution in [0.4, 0.5) is 22.0 Å². The number of halogens is 5. The van der Waals surface area contributed by atoms with Crippen molar-refractivity contribution in [2.24, 2.45) is 5.73 Å². The molecule has 2 aromatic rings. The van der Waals surface area contributed by atoms with E-state index in [1.54, 1.807) is 6.07 Å². The Hall–Kier alpha value is -2.65. The number of hydroxylamine groups is 2. The Morgan fingerprint density at radius 2 is 1.77 bits per heavy atom. The quantitative estimate of drug-likeness (QED) is 0.225. The summed E-state index contributed by atoms with van der Waals surface area (Å²) in [5.41, 5.74) is 5.34. The largest absolute Gasteiger partial charge is 0.432 e. The zero-order valence-electron chi connectivity index (χ0n) is 18.2. The van der Waals surface area contributed by atoms with Gasteiger partial charge in [-0.3, -0.25) is 14.4 Å². The van der Waals surface area contributed by atoms with Gasteiger partial charge in [-0.15, -0.1) is 16.4 Å². The molecule has 8 nitrogen and oxygen atoms in total. The van der Waals surface area contributed by atoms with E-state index in [1.165, 1.54) is 36.4 Å². The Labute approximate surface area is 201 Å². The van der Waals surface area contributed by atoms with Gasteiger partial charge >= 0.3 is 12.1 Å². The van der Waals surface area contributed by atoms with Crippen LogP contribution in [0.15, 0.2) is 42.5 Å². The molecule has 2 amide bonds. The second kappa shape index (κ2) is 11.4. The van der Waals surface area contributed by atoms with Crippen LogP contribution in [0.2, 0.25) is 0 Å². The van der Waals surface area contributed by atoms with Gasteiger partial charge in [0.25, 0.3) is 18.0 Å². The molecule has 1 saturated heterocycles. The molecule has 192 valence electrons. The van der Waals surface area contributed by atoms with Gasteiger partial charge in [0.2, 0.25) is 0 Å². The van der Waals surface area contributed by atoms with Crippen molar-refractivity contribution in [3.63, 3.8) is 0 Å². The predicted molar refractivity (Wildman–Crippen MR) is 115 cm³/mol. The molecule has 1 aromatic heterocycles. The van der Waals surface area contributed by atoms with Crippen LogP contribution in [0.25, 0.3) is 0 Å². The fraction of sp³-hybridized carbons (Fsp3) is 0.429. The molecule has 3 atom stereocenters. The molecule has 0 radical (unpaired) electrons. The van der Waals surface area contributed by atoms with Gasteiger partial charge in [0.1, 0.15) is 6.17 Å². The summed E-state index contributed by atoms with van der Waals surface area (Å²) in [4.78, 5) is 29.0. The molecule has 35 heavy (non-hydrogen) atoms. The van der Waals surface area contributed by atoms with E-state index in [4.69, 9.17) is 10.5 Å². The van der Waals surface area contributed by atoms with Crippen molar-refractivity contribution in [2.75, 3.05) is 26.3 Å². The zero-order valence-corrected chi connectivity index (χ0v) is 19.0. The summed E-state index contributed by atoms with van der Waals surface area (Å²) in [5, 5.41) is 5.36. The van der Waals surface area contributed by atoms with Crippen LogP contribution < -0.4 is 16.4 Å². The monoisotopic (exact) mass is 522 g/mol. The highest BCUT2D eigenvalue weighted by Gasteiger charge is 2.59. The summed E-state index contributed by atoms with van der Waals surface area (Å²) >= 11 is 0.949. The summed E-state index contributed by atoms with van der Waals surface area (Å²) in [7, 11) is 0. The first-order valence-corrected chi connectivity index (χ1v) is 11.3. The van der Waals surface area contributed by atoms with Crippen molar-refractivity contribution >= 4 is 23.2 Å². The average Bonchev–Trinajstić information content (AvgIpc) is 3.50. The summed E-state index contributed by atoms with van der Waals surface area (Å²) in [5.74, 6) is -5.50. The number of alkyl halides is 5. The van der Waals surface area contributed by atoms with E-state index in [9.17, 15) is 31.5 Å². The molecule has 1 fully saturated rings. The standard InChI is InChI=1S/C21H23F5N4O4S/c22-20(23,13-5-2-1-3-6-13)18(32)29-10-12-33-11-4-9-28-17(31)15-8-7-14(35-15)16(27)30-19(34-30)21(24,25)26/h1-3,5-8,16,19H,4,9-12,27H2,(H,28,31)(H,29,32)/t16?,19-,30?/m0/s1. The maximum Gasteiger partial charge on any atom is 0.432 e. The number of hydrogen-bond donors (Lipinski definition) is 3. The molecule has 2 heterocycles. The minimum absolute atomic E-state index is 0.00815. The lowest BCUT2D eigenvalue weighted by Crippen LogP contribution is -2.39. The van der Waals surface area contributed by atoms with Gasteiger partial charge in [-0.2, -0.15) is 22.0 Å². The number of rotatable bonds is 12. The van der Waals surface area contributed by atoms with Crippen LogP contribution in [0.1, 0.15) is 32.7 Å². The van der Waals surface area contributed by atoms with Crippen LogP contribution in [0.3, 0.4) is 0 Å². The third-order valence-corrected chi connectivity index (χ3v) is 5.96. The van der Waals surface area contributed by atoms with Gasteiger partial charge < -0.3 is 21.1 Å². The fourth-order valence-corrected chi connectivity index (χ4v) is 3.87. The SMILES string of the molecule is NC(c1ccc(C(=O)NCCCOCCNC(=O)C(F)(F)c2ccccc2)s1)N1O[C@H]1C(F)(F)F. The van der Waals surface area contributed by atoms with Crippen LogP contribution >= 0.6 is 11.3 Å².